The molecular weight excluding hydrogens is 448 g/mol. The van der Waals surface area contributed by atoms with Gasteiger partial charge in [0, 0.05) is 41.7 Å². The maximum atomic E-state index is 12.9. The summed E-state index contributed by atoms with van der Waals surface area (Å²) in [4.78, 5) is 17.8. The molecule has 0 spiro atoms. The van der Waals surface area contributed by atoms with Gasteiger partial charge in [0.2, 0.25) is 0 Å². The number of hydrogen-bond donors (Lipinski definition) is 2. The van der Waals surface area contributed by atoms with Crippen molar-refractivity contribution in [2.75, 3.05) is 10.0 Å². The van der Waals surface area contributed by atoms with E-state index in [-0.39, 0.29) is 10.8 Å². The molecule has 5 rings (SSSR count). The molecule has 172 valence electrons. The zero-order chi connectivity index (χ0) is 23.5. The second-order valence-electron chi connectivity index (χ2n) is 8.23. The molecule has 0 atom stereocenters. The fourth-order valence-electron chi connectivity index (χ4n) is 4.05. The number of fused-ring (bicyclic) bond motifs is 1. The van der Waals surface area contributed by atoms with E-state index in [4.69, 9.17) is 4.98 Å². The number of imidazole rings is 1. The standard InChI is InChI=1S/C26H24N4O3S/c31-26(20-9-7-11-22(17-20)29-34(32,33)23-12-2-1-3-13-23)27-21-10-6-8-19(16-21)24-18-30-15-5-4-14-25(30)28-24/h1-3,6-13,16-18,29H,4-5,14-15H2,(H,27,31). The van der Waals surface area contributed by atoms with Crippen molar-refractivity contribution >= 4 is 27.3 Å². The number of nitrogens with one attached hydrogen (secondary N) is 2. The summed E-state index contributed by atoms with van der Waals surface area (Å²) in [6.07, 6.45) is 5.38. The third kappa shape index (κ3) is 4.72. The van der Waals surface area contributed by atoms with Crippen LogP contribution in [0.15, 0.2) is 90.0 Å². The monoisotopic (exact) mass is 472 g/mol. The highest BCUT2D eigenvalue weighted by Crippen LogP contribution is 2.25. The summed E-state index contributed by atoms with van der Waals surface area (Å²) in [6, 6.07) is 22.1. The van der Waals surface area contributed by atoms with Crippen molar-refractivity contribution in [1.29, 1.82) is 0 Å². The van der Waals surface area contributed by atoms with Crippen LogP contribution in [0.2, 0.25) is 0 Å². The van der Waals surface area contributed by atoms with E-state index in [0.717, 1.165) is 36.5 Å². The van der Waals surface area contributed by atoms with Gasteiger partial charge in [0.25, 0.3) is 15.9 Å². The van der Waals surface area contributed by atoms with Gasteiger partial charge in [-0.3, -0.25) is 9.52 Å². The predicted octanol–water partition coefficient (Wildman–Crippen LogP) is 4.94. The number of benzene rings is 3. The summed E-state index contributed by atoms with van der Waals surface area (Å²) >= 11 is 0. The Kier molecular flexibility index (Phi) is 5.90. The van der Waals surface area contributed by atoms with Gasteiger partial charge in [-0.15, -0.1) is 0 Å². The third-order valence-corrected chi connectivity index (χ3v) is 7.15. The molecule has 2 heterocycles. The van der Waals surface area contributed by atoms with Crippen LogP contribution in [-0.2, 0) is 23.0 Å². The van der Waals surface area contributed by atoms with Gasteiger partial charge in [0.05, 0.1) is 10.6 Å². The highest BCUT2D eigenvalue weighted by molar-refractivity contribution is 7.92. The van der Waals surface area contributed by atoms with E-state index in [2.05, 4.69) is 20.8 Å². The number of carbonyl (C=O) groups is 1. The Labute approximate surface area is 198 Å². The maximum Gasteiger partial charge on any atom is 0.261 e. The fraction of sp³-hybridized carbons (Fsp3) is 0.154. The average Bonchev–Trinajstić information content (AvgIpc) is 3.29. The molecule has 1 aliphatic rings. The van der Waals surface area contributed by atoms with E-state index in [1.165, 1.54) is 24.6 Å². The topological polar surface area (TPSA) is 93.1 Å². The van der Waals surface area contributed by atoms with Gasteiger partial charge in [-0.2, -0.15) is 0 Å². The molecule has 0 fully saturated rings. The predicted molar refractivity (Wildman–Crippen MR) is 132 cm³/mol. The second kappa shape index (κ2) is 9.15. The number of sulfonamides is 1. The first-order chi connectivity index (χ1) is 16.5. The number of carbonyl (C=O) groups excluding carboxylic acids is 1. The van der Waals surface area contributed by atoms with Crippen molar-refractivity contribution < 1.29 is 13.2 Å². The number of aryl methyl sites for hydroxylation is 2. The second-order valence-corrected chi connectivity index (χ2v) is 9.91. The van der Waals surface area contributed by atoms with E-state index in [1.54, 1.807) is 36.4 Å². The van der Waals surface area contributed by atoms with Crippen LogP contribution in [-0.4, -0.2) is 23.9 Å². The van der Waals surface area contributed by atoms with Crippen LogP contribution in [0.4, 0.5) is 11.4 Å². The molecule has 2 N–H and O–H groups in total. The van der Waals surface area contributed by atoms with Gasteiger partial charge in [-0.05, 0) is 55.3 Å². The zero-order valence-corrected chi connectivity index (χ0v) is 19.3. The van der Waals surface area contributed by atoms with E-state index >= 15 is 0 Å². The SMILES string of the molecule is O=C(Nc1cccc(-c2cn3c(n2)CCCC3)c1)c1cccc(NS(=O)(=O)c2ccccc2)c1. The van der Waals surface area contributed by atoms with Crippen LogP contribution in [0.5, 0.6) is 0 Å². The molecule has 0 saturated heterocycles. The fourth-order valence-corrected chi connectivity index (χ4v) is 5.12. The van der Waals surface area contributed by atoms with E-state index in [0.29, 0.717) is 16.9 Å². The molecule has 8 heteroatoms. The van der Waals surface area contributed by atoms with Crippen molar-refractivity contribution in [3.8, 4) is 11.3 Å². The quantitative estimate of drug-likeness (QED) is 0.416. The molecule has 3 aromatic carbocycles. The van der Waals surface area contributed by atoms with Crippen LogP contribution in [0.3, 0.4) is 0 Å². The minimum Gasteiger partial charge on any atom is -0.334 e. The molecule has 1 aliphatic heterocycles. The molecule has 7 nitrogen and oxygen atoms in total. The Hall–Kier alpha value is -3.91. The van der Waals surface area contributed by atoms with Crippen molar-refractivity contribution in [3.05, 3.63) is 96.4 Å². The Morgan fingerprint density at radius 2 is 1.68 bits per heavy atom. The molecule has 0 saturated carbocycles. The lowest BCUT2D eigenvalue weighted by Gasteiger charge is -2.11. The summed E-state index contributed by atoms with van der Waals surface area (Å²) in [5, 5.41) is 2.90. The van der Waals surface area contributed by atoms with Gasteiger partial charge >= 0.3 is 0 Å². The molecule has 0 radical (unpaired) electrons. The number of rotatable bonds is 6. The van der Waals surface area contributed by atoms with E-state index in [9.17, 15) is 13.2 Å². The Morgan fingerprint density at radius 1 is 0.882 bits per heavy atom. The maximum absolute atomic E-state index is 12.9. The first kappa shape index (κ1) is 21.9. The molecule has 0 bridgehead atoms. The molecule has 1 amide bonds. The lowest BCUT2D eigenvalue weighted by molar-refractivity contribution is 0.102. The lowest BCUT2D eigenvalue weighted by Crippen LogP contribution is -2.15. The number of amides is 1. The minimum absolute atomic E-state index is 0.155. The van der Waals surface area contributed by atoms with Crippen molar-refractivity contribution in [3.63, 3.8) is 0 Å². The van der Waals surface area contributed by atoms with Crippen molar-refractivity contribution in [2.45, 2.75) is 30.7 Å². The van der Waals surface area contributed by atoms with Crippen LogP contribution >= 0.6 is 0 Å². The zero-order valence-electron chi connectivity index (χ0n) is 18.4. The van der Waals surface area contributed by atoms with E-state index < -0.39 is 10.0 Å². The van der Waals surface area contributed by atoms with Crippen LogP contribution in [0, 0.1) is 0 Å². The largest absolute Gasteiger partial charge is 0.334 e. The summed E-state index contributed by atoms with van der Waals surface area (Å²) in [5.74, 6) is 0.771. The highest BCUT2D eigenvalue weighted by Gasteiger charge is 2.16. The van der Waals surface area contributed by atoms with Crippen molar-refractivity contribution in [2.24, 2.45) is 0 Å². The first-order valence-corrected chi connectivity index (χ1v) is 12.6. The summed E-state index contributed by atoms with van der Waals surface area (Å²) in [5.41, 5.74) is 3.13. The smallest absolute Gasteiger partial charge is 0.261 e. The molecule has 0 aliphatic carbocycles. The van der Waals surface area contributed by atoms with Crippen molar-refractivity contribution in [1.82, 2.24) is 9.55 Å². The molecule has 0 unspecified atom stereocenters. The van der Waals surface area contributed by atoms with Gasteiger partial charge in [0.15, 0.2) is 0 Å². The number of aromatic nitrogens is 2. The number of hydrogen-bond acceptors (Lipinski definition) is 4. The Balaban J connectivity index is 1.32. The van der Waals surface area contributed by atoms with Gasteiger partial charge in [0.1, 0.15) is 5.82 Å². The molecular formula is C26H24N4O3S. The lowest BCUT2D eigenvalue weighted by atomic mass is 10.1. The van der Waals surface area contributed by atoms with Crippen LogP contribution in [0.1, 0.15) is 29.0 Å². The first-order valence-electron chi connectivity index (χ1n) is 11.1. The van der Waals surface area contributed by atoms with Gasteiger partial charge < -0.3 is 9.88 Å². The minimum atomic E-state index is -3.74. The average molecular weight is 473 g/mol. The van der Waals surface area contributed by atoms with E-state index in [1.807, 2.05) is 24.3 Å². The summed E-state index contributed by atoms with van der Waals surface area (Å²) < 4.78 is 29.9. The summed E-state index contributed by atoms with van der Waals surface area (Å²) in [6.45, 7) is 0.989. The molecule has 34 heavy (non-hydrogen) atoms. The Bertz CT molecular complexity index is 1420. The Morgan fingerprint density at radius 3 is 2.50 bits per heavy atom. The number of nitrogens with zero attached hydrogens (tertiary/aromatic N) is 2. The normalized spacial score (nSPS) is 13.2. The van der Waals surface area contributed by atoms with Crippen LogP contribution in [0.25, 0.3) is 11.3 Å². The van der Waals surface area contributed by atoms with Crippen LogP contribution < -0.4 is 10.0 Å². The molecule has 1 aromatic heterocycles. The third-order valence-electron chi connectivity index (χ3n) is 5.76. The highest BCUT2D eigenvalue weighted by atomic mass is 32.2. The number of anilines is 2. The van der Waals surface area contributed by atoms with Gasteiger partial charge in [-0.1, -0.05) is 36.4 Å². The summed E-state index contributed by atoms with van der Waals surface area (Å²) in [7, 11) is -3.74. The molecule has 4 aromatic rings. The van der Waals surface area contributed by atoms with Gasteiger partial charge in [-0.25, -0.2) is 13.4 Å².